The van der Waals surface area contributed by atoms with E-state index in [0.717, 1.165) is 42.0 Å². The molecule has 3 heteroatoms. The number of pyridine rings is 2. The van der Waals surface area contributed by atoms with E-state index in [1.54, 1.807) is 0 Å². The molecule has 0 unspecified atom stereocenters. The van der Waals surface area contributed by atoms with Crippen LogP contribution in [0.3, 0.4) is 0 Å². The van der Waals surface area contributed by atoms with Crippen LogP contribution >= 0.6 is 0 Å². The number of benzene rings is 1. The second kappa shape index (κ2) is 6.35. The van der Waals surface area contributed by atoms with E-state index in [-0.39, 0.29) is 0 Å². The second-order valence-corrected chi connectivity index (χ2v) is 5.13. The molecule has 1 N–H and O–H groups in total. The predicted molar refractivity (Wildman–Crippen MR) is 87.6 cm³/mol. The van der Waals surface area contributed by atoms with Crippen molar-refractivity contribution in [1.82, 2.24) is 9.97 Å². The van der Waals surface area contributed by atoms with Crippen molar-refractivity contribution < 1.29 is 0 Å². The maximum absolute atomic E-state index is 4.70. The molecule has 106 valence electrons. The summed E-state index contributed by atoms with van der Waals surface area (Å²) in [4.78, 5) is 9.14. The topological polar surface area (TPSA) is 37.8 Å². The quantitative estimate of drug-likeness (QED) is 0.764. The molecule has 0 aliphatic carbocycles. The molecular formula is C18H19N3. The van der Waals surface area contributed by atoms with Crippen molar-refractivity contribution in [1.29, 1.82) is 0 Å². The van der Waals surface area contributed by atoms with Crippen LogP contribution in [0.15, 0.2) is 54.7 Å². The molecule has 0 saturated carbocycles. The summed E-state index contributed by atoms with van der Waals surface area (Å²) in [5, 5.41) is 4.56. The lowest BCUT2D eigenvalue weighted by atomic mass is 10.1. The molecule has 2 heterocycles. The molecular weight excluding hydrogens is 258 g/mol. The van der Waals surface area contributed by atoms with E-state index in [9.17, 15) is 0 Å². The standard InChI is InChI=1S/C18H19N3/c1-2-10-19-15-9-11-20-17(12-15)13-16-8-7-14-5-3-4-6-18(14)21-16/h3-9,11-12H,2,10,13H2,1H3,(H,19,20). The molecule has 0 atom stereocenters. The lowest BCUT2D eigenvalue weighted by Crippen LogP contribution is -2.01. The minimum absolute atomic E-state index is 0.756. The van der Waals surface area contributed by atoms with Gasteiger partial charge in [0.05, 0.1) is 5.52 Å². The van der Waals surface area contributed by atoms with Crippen molar-refractivity contribution in [2.75, 3.05) is 11.9 Å². The van der Waals surface area contributed by atoms with Gasteiger partial charge in [-0.25, -0.2) is 0 Å². The Hall–Kier alpha value is -2.42. The van der Waals surface area contributed by atoms with Crippen LogP contribution in [0.2, 0.25) is 0 Å². The molecule has 0 aliphatic rings. The summed E-state index contributed by atoms with van der Waals surface area (Å²) in [5.74, 6) is 0. The van der Waals surface area contributed by atoms with E-state index in [0.29, 0.717) is 0 Å². The van der Waals surface area contributed by atoms with Gasteiger partial charge in [-0.3, -0.25) is 9.97 Å². The Morgan fingerprint density at radius 1 is 1.00 bits per heavy atom. The molecule has 2 aromatic heterocycles. The van der Waals surface area contributed by atoms with Gasteiger partial charge in [-0.1, -0.05) is 31.2 Å². The van der Waals surface area contributed by atoms with Crippen LogP contribution in [0.4, 0.5) is 5.69 Å². The van der Waals surface area contributed by atoms with Gasteiger partial charge in [0.15, 0.2) is 0 Å². The maximum Gasteiger partial charge on any atom is 0.0705 e. The molecule has 3 aromatic rings. The molecule has 3 rings (SSSR count). The molecule has 0 bridgehead atoms. The summed E-state index contributed by atoms with van der Waals surface area (Å²) >= 11 is 0. The van der Waals surface area contributed by atoms with Crippen LogP contribution in [0.1, 0.15) is 24.7 Å². The highest BCUT2D eigenvalue weighted by Gasteiger charge is 2.02. The summed E-state index contributed by atoms with van der Waals surface area (Å²) in [5.41, 5.74) is 4.26. The summed E-state index contributed by atoms with van der Waals surface area (Å²) in [6, 6.07) is 16.5. The van der Waals surface area contributed by atoms with Crippen LogP contribution in [0.5, 0.6) is 0 Å². The average Bonchev–Trinajstić information content (AvgIpc) is 2.53. The van der Waals surface area contributed by atoms with Crippen LogP contribution < -0.4 is 5.32 Å². The average molecular weight is 277 g/mol. The Labute approximate surface area is 125 Å². The van der Waals surface area contributed by atoms with Crippen molar-refractivity contribution in [3.63, 3.8) is 0 Å². The number of fused-ring (bicyclic) bond motifs is 1. The fourth-order valence-electron chi connectivity index (χ4n) is 2.35. The van der Waals surface area contributed by atoms with E-state index in [1.807, 2.05) is 30.5 Å². The fourth-order valence-corrected chi connectivity index (χ4v) is 2.35. The first-order valence-electron chi connectivity index (χ1n) is 7.38. The number of nitrogens with zero attached hydrogens (tertiary/aromatic N) is 2. The van der Waals surface area contributed by atoms with Gasteiger partial charge in [-0.05, 0) is 30.7 Å². The van der Waals surface area contributed by atoms with Gasteiger partial charge in [0.1, 0.15) is 0 Å². The Bertz CT molecular complexity index is 737. The number of aromatic nitrogens is 2. The van der Waals surface area contributed by atoms with E-state index in [1.165, 1.54) is 5.39 Å². The molecule has 0 spiro atoms. The molecule has 0 amide bonds. The number of hydrogen-bond donors (Lipinski definition) is 1. The van der Waals surface area contributed by atoms with E-state index in [2.05, 4.69) is 41.5 Å². The summed E-state index contributed by atoms with van der Waals surface area (Å²) in [7, 11) is 0. The van der Waals surface area contributed by atoms with Crippen molar-refractivity contribution in [2.24, 2.45) is 0 Å². The molecule has 1 aromatic carbocycles. The number of rotatable bonds is 5. The normalized spacial score (nSPS) is 10.7. The monoisotopic (exact) mass is 277 g/mol. The summed E-state index contributed by atoms with van der Waals surface area (Å²) < 4.78 is 0. The van der Waals surface area contributed by atoms with Gasteiger partial charge in [0.25, 0.3) is 0 Å². The first-order valence-corrected chi connectivity index (χ1v) is 7.38. The lowest BCUT2D eigenvalue weighted by Gasteiger charge is -2.07. The zero-order chi connectivity index (χ0) is 14.5. The SMILES string of the molecule is CCCNc1ccnc(Cc2ccc3ccccc3n2)c1. The van der Waals surface area contributed by atoms with Crippen molar-refractivity contribution >= 4 is 16.6 Å². The van der Waals surface area contributed by atoms with Gasteiger partial charge >= 0.3 is 0 Å². The third-order valence-corrected chi connectivity index (χ3v) is 3.41. The van der Waals surface area contributed by atoms with E-state index < -0.39 is 0 Å². The Balaban J connectivity index is 1.81. The minimum atomic E-state index is 0.756. The highest BCUT2D eigenvalue weighted by atomic mass is 14.9. The summed E-state index contributed by atoms with van der Waals surface area (Å²) in [6.45, 7) is 3.14. The maximum atomic E-state index is 4.70. The molecule has 0 aliphatic heterocycles. The highest BCUT2D eigenvalue weighted by Crippen LogP contribution is 2.15. The molecule has 3 nitrogen and oxygen atoms in total. The van der Waals surface area contributed by atoms with Gasteiger partial charge in [0, 0.05) is 41.6 Å². The van der Waals surface area contributed by atoms with Crippen LogP contribution in [-0.4, -0.2) is 16.5 Å². The Morgan fingerprint density at radius 3 is 2.81 bits per heavy atom. The number of para-hydroxylation sites is 1. The predicted octanol–water partition coefficient (Wildman–Crippen LogP) is 4.04. The van der Waals surface area contributed by atoms with Gasteiger partial charge in [-0.2, -0.15) is 0 Å². The second-order valence-electron chi connectivity index (χ2n) is 5.13. The van der Waals surface area contributed by atoms with Gasteiger partial charge in [-0.15, -0.1) is 0 Å². The smallest absolute Gasteiger partial charge is 0.0705 e. The zero-order valence-corrected chi connectivity index (χ0v) is 12.2. The Morgan fingerprint density at radius 2 is 1.90 bits per heavy atom. The van der Waals surface area contributed by atoms with Gasteiger partial charge in [0.2, 0.25) is 0 Å². The van der Waals surface area contributed by atoms with E-state index in [4.69, 9.17) is 4.98 Å². The third kappa shape index (κ3) is 3.37. The first-order chi connectivity index (χ1) is 10.3. The van der Waals surface area contributed by atoms with Crippen molar-refractivity contribution in [2.45, 2.75) is 19.8 Å². The largest absolute Gasteiger partial charge is 0.385 e. The number of nitrogens with one attached hydrogen (secondary N) is 1. The van der Waals surface area contributed by atoms with Gasteiger partial charge < -0.3 is 5.32 Å². The van der Waals surface area contributed by atoms with Crippen molar-refractivity contribution in [3.05, 3.63) is 66.1 Å². The van der Waals surface area contributed by atoms with Crippen LogP contribution in [0, 0.1) is 0 Å². The lowest BCUT2D eigenvalue weighted by molar-refractivity contribution is 0.972. The Kier molecular flexibility index (Phi) is 4.10. The number of hydrogen-bond acceptors (Lipinski definition) is 3. The fraction of sp³-hybridized carbons (Fsp3) is 0.222. The van der Waals surface area contributed by atoms with Crippen LogP contribution in [-0.2, 0) is 6.42 Å². The number of anilines is 1. The van der Waals surface area contributed by atoms with E-state index >= 15 is 0 Å². The first kappa shape index (κ1) is 13.6. The third-order valence-electron chi connectivity index (χ3n) is 3.41. The highest BCUT2D eigenvalue weighted by molar-refractivity contribution is 5.78. The molecule has 0 radical (unpaired) electrons. The molecule has 21 heavy (non-hydrogen) atoms. The van der Waals surface area contributed by atoms with Crippen LogP contribution in [0.25, 0.3) is 10.9 Å². The molecule has 0 saturated heterocycles. The minimum Gasteiger partial charge on any atom is -0.385 e. The zero-order valence-electron chi connectivity index (χ0n) is 12.2. The summed E-state index contributed by atoms with van der Waals surface area (Å²) in [6.07, 6.45) is 3.73. The molecule has 0 fully saturated rings. The van der Waals surface area contributed by atoms with Crippen molar-refractivity contribution in [3.8, 4) is 0 Å².